The van der Waals surface area contributed by atoms with Crippen LogP contribution in [0.25, 0.3) is 11.3 Å². The summed E-state index contributed by atoms with van der Waals surface area (Å²) in [5.41, 5.74) is 5.06. The SMILES string of the molecule is Cc1ccc(-n2c(C)nn(CN3CC=C(c4ccccc4)CC3)c2=S)cc1. The van der Waals surface area contributed by atoms with Gasteiger partial charge in [-0.05, 0) is 55.8 Å². The van der Waals surface area contributed by atoms with E-state index in [-0.39, 0.29) is 0 Å². The van der Waals surface area contributed by atoms with Crippen molar-refractivity contribution >= 4 is 17.8 Å². The van der Waals surface area contributed by atoms with Gasteiger partial charge in [0.25, 0.3) is 0 Å². The van der Waals surface area contributed by atoms with Crippen LogP contribution in [0.1, 0.15) is 23.4 Å². The number of aryl methyl sites for hydroxylation is 2. The molecular formula is C22H24N4S. The van der Waals surface area contributed by atoms with Crippen molar-refractivity contribution in [3.05, 3.63) is 82.4 Å². The summed E-state index contributed by atoms with van der Waals surface area (Å²) < 4.78 is 4.73. The van der Waals surface area contributed by atoms with E-state index in [1.54, 1.807) is 0 Å². The lowest BCUT2D eigenvalue weighted by molar-refractivity contribution is 0.226. The molecule has 1 aromatic heterocycles. The van der Waals surface area contributed by atoms with Gasteiger partial charge < -0.3 is 0 Å². The molecule has 4 rings (SSSR count). The molecule has 2 heterocycles. The molecule has 0 bridgehead atoms. The zero-order valence-electron chi connectivity index (χ0n) is 15.8. The fraction of sp³-hybridized carbons (Fsp3) is 0.273. The summed E-state index contributed by atoms with van der Waals surface area (Å²) in [5.74, 6) is 0.918. The minimum atomic E-state index is 0.719. The molecule has 2 aromatic carbocycles. The first-order chi connectivity index (χ1) is 13.1. The first-order valence-electron chi connectivity index (χ1n) is 9.32. The smallest absolute Gasteiger partial charge is 0.203 e. The third kappa shape index (κ3) is 3.80. The fourth-order valence-electron chi connectivity index (χ4n) is 3.54. The highest BCUT2D eigenvalue weighted by atomic mass is 32.1. The highest BCUT2D eigenvalue weighted by Gasteiger charge is 2.16. The third-order valence-corrected chi connectivity index (χ3v) is 5.46. The zero-order valence-corrected chi connectivity index (χ0v) is 16.6. The number of rotatable bonds is 4. The van der Waals surface area contributed by atoms with Crippen LogP contribution >= 0.6 is 12.2 Å². The molecule has 0 atom stereocenters. The van der Waals surface area contributed by atoms with Crippen molar-refractivity contribution in [3.8, 4) is 5.69 Å². The number of nitrogens with zero attached hydrogens (tertiary/aromatic N) is 4. The molecule has 1 aliphatic heterocycles. The predicted octanol–water partition coefficient (Wildman–Crippen LogP) is 4.77. The van der Waals surface area contributed by atoms with E-state index in [0.29, 0.717) is 0 Å². The molecule has 0 aliphatic carbocycles. The van der Waals surface area contributed by atoms with Gasteiger partial charge in [-0.1, -0.05) is 54.1 Å². The average Bonchev–Trinajstić information content (AvgIpc) is 2.97. The summed E-state index contributed by atoms with van der Waals surface area (Å²) in [6.07, 6.45) is 3.38. The second-order valence-corrected chi connectivity index (χ2v) is 7.43. The molecule has 0 fully saturated rings. The van der Waals surface area contributed by atoms with Crippen molar-refractivity contribution in [3.63, 3.8) is 0 Å². The van der Waals surface area contributed by atoms with Crippen LogP contribution < -0.4 is 0 Å². The van der Waals surface area contributed by atoms with Crippen LogP contribution in [0.2, 0.25) is 0 Å². The van der Waals surface area contributed by atoms with Gasteiger partial charge in [-0.2, -0.15) is 5.10 Å². The van der Waals surface area contributed by atoms with Crippen molar-refractivity contribution in [1.29, 1.82) is 0 Å². The molecule has 3 aromatic rings. The van der Waals surface area contributed by atoms with Crippen molar-refractivity contribution in [2.24, 2.45) is 0 Å². The molecule has 27 heavy (non-hydrogen) atoms. The van der Waals surface area contributed by atoms with Gasteiger partial charge in [-0.3, -0.25) is 9.47 Å². The predicted molar refractivity (Wildman–Crippen MR) is 112 cm³/mol. The molecule has 0 radical (unpaired) electrons. The van der Waals surface area contributed by atoms with Crippen molar-refractivity contribution in [1.82, 2.24) is 19.2 Å². The van der Waals surface area contributed by atoms with Gasteiger partial charge in [-0.15, -0.1) is 0 Å². The highest BCUT2D eigenvalue weighted by Crippen LogP contribution is 2.22. The molecule has 4 nitrogen and oxygen atoms in total. The average molecular weight is 377 g/mol. The lowest BCUT2D eigenvalue weighted by Crippen LogP contribution is -2.31. The van der Waals surface area contributed by atoms with Crippen LogP contribution in [0.5, 0.6) is 0 Å². The van der Waals surface area contributed by atoms with Gasteiger partial charge in [0.15, 0.2) is 0 Å². The molecule has 0 saturated carbocycles. The summed E-state index contributed by atoms with van der Waals surface area (Å²) in [6.45, 7) is 6.75. The Morgan fingerprint density at radius 3 is 2.41 bits per heavy atom. The van der Waals surface area contributed by atoms with Crippen LogP contribution in [0.15, 0.2) is 60.7 Å². The third-order valence-electron chi connectivity index (χ3n) is 5.07. The largest absolute Gasteiger partial charge is 0.280 e. The Bertz CT molecular complexity index is 1010. The molecule has 0 spiro atoms. The topological polar surface area (TPSA) is 26.0 Å². The van der Waals surface area contributed by atoms with Crippen molar-refractivity contribution < 1.29 is 0 Å². The van der Waals surface area contributed by atoms with Gasteiger partial charge in [0.1, 0.15) is 5.82 Å². The van der Waals surface area contributed by atoms with Gasteiger partial charge in [0, 0.05) is 18.8 Å². The molecule has 138 valence electrons. The molecule has 0 unspecified atom stereocenters. The standard InChI is InChI=1S/C22H24N4S/c1-17-8-10-21(11-9-17)26-18(2)23-25(22(26)27)16-24-14-12-20(13-15-24)19-6-4-3-5-7-19/h3-12H,13-16H2,1-2H3. The molecule has 0 N–H and O–H groups in total. The van der Waals surface area contributed by atoms with Crippen molar-refractivity contribution in [2.45, 2.75) is 26.9 Å². The molecule has 5 heteroatoms. The zero-order chi connectivity index (χ0) is 18.8. The van der Waals surface area contributed by atoms with E-state index in [1.807, 2.05) is 16.2 Å². The fourth-order valence-corrected chi connectivity index (χ4v) is 3.88. The minimum Gasteiger partial charge on any atom is -0.280 e. The Kier molecular flexibility index (Phi) is 5.05. The first kappa shape index (κ1) is 17.9. The number of benzene rings is 2. The van der Waals surface area contributed by atoms with Crippen LogP contribution in [0, 0.1) is 18.6 Å². The summed E-state index contributed by atoms with van der Waals surface area (Å²) >= 11 is 5.72. The van der Waals surface area contributed by atoms with Crippen LogP contribution in [-0.2, 0) is 6.67 Å². The monoisotopic (exact) mass is 376 g/mol. The number of aromatic nitrogens is 3. The Hall–Kier alpha value is -2.50. The van der Waals surface area contributed by atoms with E-state index in [0.717, 1.165) is 42.5 Å². The van der Waals surface area contributed by atoms with Crippen LogP contribution in [-0.4, -0.2) is 32.3 Å². The van der Waals surface area contributed by atoms with Gasteiger partial charge in [0.2, 0.25) is 4.77 Å². The molecule has 0 saturated heterocycles. The van der Waals surface area contributed by atoms with E-state index in [2.05, 4.69) is 72.5 Å². The normalized spacial score (nSPS) is 15.0. The maximum atomic E-state index is 5.72. The maximum absolute atomic E-state index is 5.72. The molecule has 0 amide bonds. The first-order valence-corrected chi connectivity index (χ1v) is 9.73. The van der Waals surface area contributed by atoms with Gasteiger partial charge in [-0.25, -0.2) is 4.68 Å². The lowest BCUT2D eigenvalue weighted by Gasteiger charge is -2.26. The maximum Gasteiger partial charge on any atom is 0.203 e. The van der Waals surface area contributed by atoms with Crippen molar-refractivity contribution in [2.75, 3.05) is 13.1 Å². The van der Waals surface area contributed by atoms with E-state index in [1.165, 1.54) is 16.7 Å². The Balaban J connectivity index is 1.51. The number of hydrogen-bond acceptors (Lipinski definition) is 3. The lowest BCUT2D eigenvalue weighted by atomic mass is 10.00. The van der Waals surface area contributed by atoms with Gasteiger partial charge in [0.05, 0.1) is 6.67 Å². The molecule has 1 aliphatic rings. The van der Waals surface area contributed by atoms with E-state index < -0.39 is 0 Å². The summed E-state index contributed by atoms with van der Waals surface area (Å²) in [7, 11) is 0. The van der Waals surface area contributed by atoms with Crippen LogP contribution in [0.4, 0.5) is 0 Å². The second-order valence-electron chi connectivity index (χ2n) is 7.06. The summed E-state index contributed by atoms with van der Waals surface area (Å²) in [5, 5.41) is 4.69. The quantitative estimate of drug-likeness (QED) is 0.614. The van der Waals surface area contributed by atoms with Gasteiger partial charge >= 0.3 is 0 Å². The number of hydrogen-bond donors (Lipinski definition) is 0. The summed E-state index contributed by atoms with van der Waals surface area (Å²) in [4.78, 5) is 2.38. The summed E-state index contributed by atoms with van der Waals surface area (Å²) in [6, 6.07) is 19.0. The Labute approximate surface area is 165 Å². The molecular weight excluding hydrogens is 352 g/mol. The van der Waals surface area contributed by atoms with E-state index >= 15 is 0 Å². The Morgan fingerprint density at radius 2 is 1.74 bits per heavy atom. The second kappa shape index (κ2) is 7.62. The highest BCUT2D eigenvalue weighted by molar-refractivity contribution is 7.71. The van der Waals surface area contributed by atoms with E-state index in [9.17, 15) is 0 Å². The van der Waals surface area contributed by atoms with Crippen LogP contribution in [0.3, 0.4) is 0 Å². The Morgan fingerprint density at radius 1 is 1.00 bits per heavy atom. The minimum absolute atomic E-state index is 0.719. The van der Waals surface area contributed by atoms with E-state index in [4.69, 9.17) is 17.3 Å².